The fraction of sp³-hybridized carbons (Fsp3) is 0.406. The summed E-state index contributed by atoms with van der Waals surface area (Å²) in [5.41, 5.74) is 8.35. The molecule has 2 aromatic carbocycles. The van der Waals surface area contributed by atoms with Crippen LogP contribution >= 0.6 is 0 Å². The van der Waals surface area contributed by atoms with Crippen LogP contribution in [0.3, 0.4) is 0 Å². The predicted molar refractivity (Wildman–Crippen MR) is 176 cm³/mol. The minimum absolute atomic E-state index is 0. The zero-order chi connectivity index (χ0) is 34.3. The first-order valence-corrected chi connectivity index (χ1v) is 15.0. The summed E-state index contributed by atoms with van der Waals surface area (Å²) in [4.78, 5) is 30.2. The van der Waals surface area contributed by atoms with Crippen LogP contribution in [0.4, 0.5) is 18.9 Å². The van der Waals surface area contributed by atoms with Crippen molar-refractivity contribution in [3.63, 3.8) is 0 Å². The van der Waals surface area contributed by atoms with Crippen molar-refractivity contribution in [2.24, 2.45) is 5.73 Å². The summed E-state index contributed by atoms with van der Waals surface area (Å²) in [7, 11) is 5.13. The zero-order valence-corrected chi connectivity index (χ0v) is 34.7. The fourth-order valence-corrected chi connectivity index (χ4v) is 4.49. The quantitative estimate of drug-likeness (QED) is 0.169. The average Bonchev–Trinajstić information content (AvgIpc) is 3.41. The van der Waals surface area contributed by atoms with Crippen LogP contribution in [0.2, 0.25) is 0 Å². The van der Waals surface area contributed by atoms with Gasteiger partial charge in [0.2, 0.25) is 0 Å². The van der Waals surface area contributed by atoms with Crippen molar-refractivity contribution >= 4 is 41.2 Å². The Morgan fingerprint density at radius 1 is 1.17 bits per heavy atom. The number of benzene rings is 2. The molecule has 0 unspecified atom stereocenters. The number of aromatic nitrogens is 2. The Bertz CT molecular complexity index is 1570. The first-order valence-electron chi connectivity index (χ1n) is 14.2. The Morgan fingerprint density at radius 2 is 1.89 bits per heavy atom. The Labute approximate surface area is 338 Å². The molecule has 1 aliphatic heterocycles. The van der Waals surface area contributed by atoms with Crippen LogP contribution < -0.4 is 90.0 Å². The molecule has 250 valence electrons. The number of nitrogens with two attached hydrogens (primary N) is 1. The molecule has 0 aliphatic carbocycles. The molecule has 10 nitrogen and oxygen atoms in total. The van der Waals surface area contributed by atoms with Gasteiger partial charge in [-0.05, 0) is 56.3 Å². The summed E-state index contributed by atoms with van der Waals surface area (Å²) >= 11 is 4.08. The Morgan fingerprint density at radius 3 is 2.47 bits per heavy atom. The Hall–Kier alpha value is -2.30. The maximum atomic E-state index is 12.9. The average molecular weight is 795 g/mol. The molecule has 4 N–H and O–H groups in total. The van der Waals surface area contributed by atoms with Crippen molar-refractivity contribution in [2.75, 3.05) is 59.1 Å². The van der Waals surface area contributed by atoms with Crippen LogP contribution in [-0.2, 0) is 23.9 Å². The number of nitrogens with one attached hydrogen (secondary N) is 2. The molecule has 1 aliphatic rings. The number of rotatable bonds is 9. The van der Waals surface area contributed by atoms with Gasteiger partial charge in [-0.3, -0.25) is 9.59 Å². The summed E-state index contributed by atoms with van der Waals surface area (Å²) in [6, 6.07) is 7.67. The van der Waals surface area contributed by atoms with Gasteiger partial charge in [-0.15, -0.1) is 0 Å². The standard InChI is InChI=1S/C24H24F3N5O4.C7H13N.CH4S.Cs/c1-35-9-8-30-23(34)16-5-6-18(20(12-16)36-2)29-7-3-4-15-10-17(22(28)33)21-19(11-15)32(14-31-21)13-24(25,26)27;1-7-4-3-5-8(2)6-7;1-2;/h5-6,10-12,14,29H,7-9,13H2,1-2H3,(H2,28,33)(H,30,34);6H,3-5H2,1-2H3;2H,1H3;/q;;;+1/p-1. The van der Waals surface area contributed by atoms with E-state index in [0.717, 1.165) is 10.9 Å². The smallest absolute Gasteiger partial charge is 0.796 e. The number of allylic oxidation sites excluding steroid dienone is 1. The van der Waals surface area contributed by atoms with Crippen LogP contribution in [0.5, 0.6) is 5.75 Å². The van der Waals surface area contributed by atoms with Crippen LogP contribution in [0.25, 0.3) is 11.0 Å². The molecule has 0 saturated carbocycles. The first kappa shape index (κ1) is 42.7. The third-order valence-corrected chi connectivity index (χ3v) is 6.52. The minimum Gasteiger partial charge on any atom is -0.796 e. The van der Waals surface area contributed by atoms with Crippen molar-refractivity contribution in [2.45, 2.75) is 32.5 Å². The van der Waals surface area contributed by atoms with Crippen molar-refractivity contribution in [1.82, 2.24) is 19.8 Å². The van der Waals surface area contributed by atoms with Crippen molar-refractivity contribution in [3.05, 3.63) is 65.1 Å². The van der Waals surface area contributed by atoms with Gasteiger partial charge < -0.3 is 47.9 Å². The number of hydrogen-bond acceptors (Lipinski definition) is 8. The normalized spacial score (nSPS) is 12.1. The van der Waals surface area contributed by atoms with Crippen LogP contribution in [0, 0.1) is 11.8 Å². The number of imidazole rings is 1. The van der Waals surface area contributed by atoms with Gasteiger partial charge in [0.1, 0.15) is 17.8 Å². The molecular formula is C32H40CsF3N6O4S. The number of hydrogen-bond donors (Lipinski definition) is 3. The summed E-state index contributed by atoms with van der Waals surface area (Å²) < 4.78 is 49.8. The second-order valence-corrected chi connectivity index (χ2v) is 10.1. The minimum atomic E-state index is -4.47. The number of methoxy groups -OCH3 is 2. The number of anilines is 1. The van der Waals surface area contributed by atoms with E-state index < -0.39 is 18.6 Å². The molecule has 0 fully saturated rings. The van der Waals surface area contributed by atoms with Crippen molar-refractivity contribution < 1.29 is 101 Å². The third-order valence-electron chi connectivity index (χ3n) is 6.52. The number of primary amides is 1. The molecule has 0 spiro atoms. The van der Waals surface area contributed by atoms with E-state index in [1.807, 2.05) is 0 Å². The molecular weight excluding hydrogens is 754 g/mol. The number of amides is 2. The van der Waals surface area contributed by atoms with E-state index >= 15 is 0 Å². The molecule has 4 rings (SSSR count). The monoisotopic (exact) mass is 794 g/mol. The Balaban J connectivity index is 0.000000865. The van der Waals surface area contributed by atoms with Gasteiger partial charge in [0.05, 0.1) is 43.4 Å². The Kier molecular flexibility index (Phi) is 19.7. The molecule has 0 atom stereocenters. The molecule has 3 aromatic rings. The van der Waals surface area contributed by atoms with Crippen LogP contribution in [0.1, 0.15) is 46.0 Å². The summed E-state index contributed by atoms with van der Waals surface area (Å²) in [6.07, 6.45) is 2.98. The van der Waals surface area contributed by atoms with E-state index in [4.69, 9.17) is 15.2 Å². The largest absolute Gasteiger partial charge is 1.00 e. The van der Waals surface area contributed by atoms with E-state index in [0.29, 0.717) is 35.7 Å². The van der Waals surface area contributed by atoms with Crippen molar-refractivity contribution in [3.8, 4) is 17.6 Å². The van der Waals surface area contributed by atoms with Gasteiger partial charge in [0, 0.05) is 38.4 Å². The number of alkyl halides is 3. The van der Waals surface area contributed by atoms with Gasteiger partial charge in [0.15, 0.2) is 0 Å². The molecule has 0 saturated heterocycles. The fourth-order valence-electron chi connectivity index (χ4n) is 4.49. The molecule has 15 heteroatoms. The maximum Gasteiger partial charge on any atom is 1.00 e. The van der Waals surface area contributed by atoms with E-state index in [-0.39, 0.29) is 97.9 Å². The second-order valence-electron chi connectivity index (χ2n) is 10.1. The van der Waals surface area contributed by atoms with Gasteiger partial charge in [0.25, 0.3) is 11.8 Å². The van der Waals surface area contributed by atoms with Crippen LogP contribution in [-0.4, -0.2) is 86.2 Å². The molecule has 0 bridgehead atoms. The van der Waals surface area contributed by atoms with E-state index in [9.17, 15) is 22.8 Å². The number of fused-ring (bicyclic) bond motifs is 1. The van der Waals surface area contributed by atoms with Gasteiger partial charge >= 0.3 is 75.1 Å². The van der Waals surface area contributed by atoms with E-state index in [2.05, 4.69) is 65.2 Å². The summed E-state index contributed by atoms with van der Waals surface area (Å²) in [5.74, 6) is 4.99. The molecule has 47 heavy (non-hydrogen) atoms. The number of carbonyl (C=O) groups is 2. The number of ether oxygens (including phenoxy) is 2. The van der Waals surface area contributed by atoms with Gasteiger partial charge in [-0.1, -0.05) is 17.4 Å². The summed E-state index contributed by atoms with van der Waals surface area (Å²) in [5, 5.41) is 5.77. The van der Waals surface area contributed by atoms with Crippen LogP contribution in [0.15, 0.2) is 48.4 Å². The van der Waals surface area contributed by atoms with Gasteiger partial charge in [-0.25, -0.2) is 4.98 Å². The topological polar surface area (TPSA) is 124 Å². The molecule has 2 heterocycles. The molecule has 2 amide bonds. The van der Waals surface area contributed by atoms with Crippen molar-refractivity contribution in [1.29, 1.82) is 0 Å². The predicted octanol–water partition coefficient (Wildman–Crippen LogP) is 1.33. The second kappa shape index (κ2) is 21.6. The number of halogens is 3. The SMILES string of the molecule is CC1=CN(C)CCC1.COCCNC(=O)c1ccc(NCC#Cc2cc(C(N)=O)c3ncn(CC(F)(F)F)c3c2)c(OC)c1.C[S-].[Cs+]. The number of carbonyl (C=O) groups excluding carboxylic acids is 2. The molecule has 1 aromatic heterocycles. The summed E-state index contributed by atoms with van der Waals surface area (Å²) in [6.45, 7) is 3.06. The molecule has 0 radical (unpaired) electrons. The number of nitrogens with zero attached hydrogens (tertiary/aromatic N) is 3. The third kappa shape index (κ3) is 14.4. The first-order chi connectivity index (χ1) is 21.9. The van der Waals surface area contributed by atoms with E-state index in [1.165, 1.54) is 51.3 Å². The maximum absolute atomic E-state index is 12.9. The zero-order valence-electron chi connectivity index (χ0n) is 27.6. The van der Waals surface area contributed by atoms with Gasteiger partial charge in [-0.2, -0.15) is 19.4 Å². The van der Waals surface area contributed by atoms with E-state index in [1.54, 1.807) is 24.5 Å².